The summed E-state index contributed by atoms with van der Waals surface area (Å²) in [6.45, 7) is -0.581. The molecule has 9 atom stereocenters. The van der Waals surface area contributed by atoms with E-state index in [0.29, 0.717) is 45.4 Å². The van der Waals surface area contributed by atoms with Gasteiger partial charge in [-0.2, -0.15) is 0 Å². The molecule has 0 unspecified atom stereocenters. The second-order valence-electron chi connectivity index (χ2n) is 10.3. The van der Waals surface area contributed by atoms with Gasteiger partial charge in [-0.1, -0.05) is 0 Å². The average Bonchev–Trinajstić information content (AvgIpc) is 3.61. The van der Waals surface area contributed by atoms with Crippen LogP contribution in [0, 0.1) is 11.8 Å². The summed E-state index contributed by atoms with van der Waals surface area (Å²) in [5, 5.41) is 41.0. The Kier molecular flexibility index (Phi) is 7.34. The van der Waals surface area contributed by atoms with E-state index in [0.717, 1.165) is 0 Å². The van der Waals surface area contributed by atoms with Gasteiger partial charge in [0.25, 0.3) is 0 Å². The predicted molar refractivity (Wildman–Crippen MR) is 136 cm³/mol. The Hall–Kier alpha value is -3.33. The molecule has 0 spiro atoms. The molecule has 0 bridgehead atoms. The highest BCUT2D eigenvalue weighted by Crippen LogP contribution is 2.57. The first-order valence-electron chi connectivity index (χ1n) is 13.2. The molecule has 0 aromatic heterocycles. The van der Waals surface area contributed by atoms with Crippen molar-refractivity contribution in [3.05, 3.63) is 41.0 Å². The topological polar surface area (TPSA) is 172 Å². The number of methoxy groups -OCH3 is 3. The summed E-state index contributed by atoms with van der Waals surface area (Å²) in [6.07, 6.45) is -8.26. The normalized spacial score (nSPS) is 33.5. The molecule has 2 fully saturated rings. The van der Waals surface area contributed by atoms with Gasteiger partial charge in [-0.3, -0.25) is 4.79 Å². The summed E-state index contributed by atoms with van der Waals surface area (Å²) in [7, 11) is 4.51. The molecule has 222 valence electrons. The summed E-state index contributed by atoms with van der Waals surface area (Å²) in [4.78, 5) is 13.4. The van der Waals surface area contributed by atoms with Crippen LogP contribution in [0.2, 0.25) is 0 Å². The van der Waals surface area contributed by atoms with Gasteiger partial charge >= 0.3 is 5.97 Å². The molecule has 2 aromatic rings. The van der Waals surface area contributed by atoms with Gasteiger partial charge in [-0.25, -0.2) is 0 Å². The van der Waals surface area contributed by atoms with Crippen LogP contribution in [0.5, 0.6) is 28.7 Å². The van der Waals surface area contributed by atoms with E-state index in [4.69, 9.17) is 37.9 Å². The predicted octanol–water partition coefficient (Wildman–Crippen LogP) is 0.233. The van der Waals surface area contributed by atoms with Crippen LogP contribution in [0.4, 0.5) is 0 Å². The van der Waals surface area contributed by atoms with E-state index in [1.165, 1.54) is 21.3 Å². The number of carbonyl (C=O) groups excluding carboxylic acids is 1. The largest absolute Gasteiger partial charge is 0.493 e. The Bertz CT molecular complexity index is 1290. The molecule has 6 rings (SSSR count). The van der Waals surface area contributed by atoms with Crippen LogP contribution in [-0.4, -0.2) is 98.4 Å². The lowest BCUT2D eigenvalue weighted by atomic mass is 9.66. The summed E-state index contributed by atoms with van der Waals surface area (Å²) in [6, 6.07) is 7.11. The van der Waals surface area contributed by atoms with Crippen molar-refractivity contribution in [2.24, 2.45) is 11.8 Å². The number of aliphatic hydroxyl groups excluding tert-OH is 4. The van der Waals surface area contributed by atoms with Crippen molar-refractivity contribution >= 4 is 5.97 Å². The molecule has 41 heavy (non-hydrogen) atoms. The van der Waals surface area contributed by atoms with Crippen LogP contribution in [0.25, 0.3) is 0 Å². The highest BCUT2D eigenvalue weighted by atomic mass is 16.7. The molecule has 2 saturated heterocycles. The number of esters is 1. The van der Waals surface area contributed by atoms with Crippen LogP contribution >= 0.6 is 0 Å². The number of carbonyl (C=O) groups is 1. The zero-order chi connectivity index (χ0) is 29.0. The van der Waals surface area contributed by atoms with Gasteiger partial charge in [0.1, 0.15) is 24.4 Å². The van der Waals surface area contributed by atoms with Crippen LogP contribution in [0.15, 0.2) is 24.3 Å². The van der Waals surface area contributed by atoms with E-state index in [2.05, 4.69) is 0 Å². The van der Waals surface area contributed by atoms with Crippen LogP contribution in [0.1, 0.15) is 28.7 Å². The Morgan fingerprint density at radius 2 is 1.51 bits per heavy atom. The maximum absolute atomic E-state index is 13.4. The summed E-state index contributed by atoms with van der Waals surface area (Å²) < 4.78 is 45.5. The molecule has 13 heteroatoms. The van der Waals surface area contributed by atoms with Crippen molar-refractivity contribution in [1.82, 2.24) is 0 Å². The minimum atomic E-state index is -1.63. The first kappa shape index (κ1) is 27.8. The highest BCUT2D eigenvalue weighted by molar-refractivity contribution is 5.79. The molecule has 3 aliphatic heterocycles. The number of cyclic esters (lactones) is 1. The number of hydrogen-bond donors (Lipinski definition) is 4. The Labute approximate surface area is 235 Å². The summed E-state index contributed by atoms with van der Waals surface area (Å²) in [5.74, 6) is -0.112. The third-order valence-corrected chi connectivity index (χ3v) is 8.29. The lowest BCUT2D eigenvalue weighted by Crippen LogP contribution is -2.59. The van der Waals surface area contributed by atoms with Crippen LogP contribution in [0.3, 0.4) is 0 Å². The Morgan fingerprint density at radius 3 is 2.12 bits per heavy atom. The molecular formula is C28H32O13. The van der Waals surface area contributed by atoms with Crippen molar-refractivity contribution in [1.29, 1.82) is 0 Å². The summed E-state index contributed by atoms with van der Waals surface area (Å²) in [5.41, 5.74) is 2.00. The van der Waals surface area contributed by atoms with Gasteiger partial charge in [0.05, 0.1) is 46.6 Å². The average molecular weight is 577 g/mol. The number of fused-ring (bicyclic) bond motifs is 3. The van der Waals surface area contributed by atoms with Gasteiger partial charge in [-0.05, 0) is 41.0 Å². The SMILES string of the molecule is COc1cc([C@@H]2c3cc4c(cc3[C@H](O[C@H]3O[C@@H](CO)[C@H](O)[C@@H](O)[C@@H]3O)[C@H]3COC(=O)[C@@H]23)OCO4)cc(OC)c1OC. The minimum Gasteiger partial charge on any atom is -0.493 e. The molecule has 13 nitrogen and oxygen atoms in total. The van der Waals surface area contributed by atoms with E-state index in [1.54, 1.807) is 24.3 Å². The molecule has 4 aliphatic rings. The van der Waals surface area contributed by atoms with E-state index >= 15 is 0 Å². The maximum atomic E-state index is 13.4. The van der Waals surface area contributed by atoms with E-state index < -0.39 is 67.1 Å². The zero-order valence-corrected chi connectivity index (χ0v) is 22.6. The van der Waals surface area contributed by atoms with Gasteiger partial charge in [-0.15, -0.1) is 0 Å². The summed E-state index contributed by atoms with van der Waals surface area (Å²) >= 11 is 0. The quantitative estimate of drug-likeness (QED) is 0.331. The Morgan fingerprint density at radius 1 is 0.854 bits per heavy atom. The molecule has 4 N–H and O–H groups in total. The third-order valence-electron chi connectivity index (χ3n) is 8.29. The molecule has 1 aliphatic carbocycles. The molecular weight excluding hydrogens is 544 g/mol. The zero-order valence-electron chi connectivity index (χ0n) is 22.6. The van der Waals surface area contributed by atoms with Gasteiger partial charge in [0, 0.05) is 11.8 Å². The molecule has 0 saturated carbocycles. The maximum Gasteiger partial charge on any atom is 0.310 e. The highest BCUT2D eigenvalue weighted by Gasteiger charge is 2.55. The number of hydrogen-bond acceptors (Lipinski definition) is 13. The number of benzene rings is 2. The minimum absolute atomic E-state index is 0.0141. The first-order chi connectivity index (χ1) is 19.8. The molecule has 3 heterocycles. The Balaban J connectivity index is 1.49. The van der Waals surface area contributed by atoms with Crippen molar-refractivity contribution in [3.8, 4) is 28.7 Å². The first-order valence-corrected chi connectivity index (χ1v) is 13.2. The fraction of sp³-hybridized carbons (Fsp3) is 0.536. The third kappa shape index (κ3) is 4.44. The second-order valence-corrected chi connectivity index (χ2v) is 10.3. The lowest BCUT2D eigenvalue weighted by molar-refractivity contribution is -0.317. The fourth-order valence-corrected chi connectivity index (χ4v) is 6.29. The second kappa shape index (κ2) is 10.8. The molecule has 2 aromatic carbocycles. The number of rotatable bonds is 7. The van der Waals surface area contributed by atoms with Crippen LogP contribution < -0.4 is 23.7 Å². The monoisotopic (exact) mass is 576 g/mol. The smallest absolute Gasteiger partial charge is 0.310 e. The number of aliphatic hydroxyl groups is 4. The van der Waals surface area contributed by atoms with Gasteiger partial charge < -0.3 is 58.3 Å². The standard InChI is InChI=1S/C28H32O13/c1-34-17-4-11(5-18(35-2)26(17)36-3)20-12-6-15-16(39-10-38-15)7-13(12)25(14-9-37-27(33)21(14)20)41-28-24(32)23(31)22(30)19(8-29)40-28/h4-7,14,19-25,28-32H,8-10H2,1-3H3/t14-,19-,20+,21+,22-,23+,24-,25-,28+/m0/s1. The van der Waals surface area contributed by atoms with Crippen molar-refractivity contribution < 1.29 is 63.1 Å². The van der Waals surface area contributed by atoms with Crippen LogP contribution in [-0.2, 0) is 19.0 Å². The van der Waals surface area contributed by atoms with E-state index in [9.17, 15) is 25.2 Å². The van der Waals surface area contributed by atoms with Gasteiger partial charge in [0.15, 0.2) is 29.3 Å². The molecule has 0 radical (unpaired) electrons. The lowest BCUT2D eigenvalue weighted by Gasteiger charge is -2.44. The molecule has 0 amide bonds. The van der Waals surface area contributed by atoms with Crippen molar-refractivity contribution in [2.45, 2.75) is 42.7 Å². The van der Waals surface area contributed by atoms with Crippen molar-refractivity contribution in [2.75, 3.05) is 41.3 Å². The van der Waals surface area contributed by atoms with Gasteiger partial charge in [0.2, 0.25) is 12.5 Å². The van der Waals surface area contributed by atoms with Crippen molar-refractivity contribution in [3.63, 3.8) is 0 Å². The number of ether oxygens (including phenoxy) is 8. The fourth-order valence-electron chi connectivity index (χ4n) is 6.29. The van der Waals surface area contributed by atoms with E-state index in [1.807, 2.05) is 0 Å². The van der Waals surface area contributed by atoms with E-state index in [-0.39, 0.29) is 13.4 Å².